The van der Waals surface area contributed by atoms with Gasteiger partial charge < -0.3 is 0 Å². The highest BCUT2D eigenvalue weighted by Gasteiger charge is 2.42. The van der Waals surface area contributed by atoms with Crippen LogP contribution in [0.15, 0.2) is 89.3 Å². The van der Waals surface area contributed by atoms with Crippen molar-refractivity contribution in [1.29, 1.82) is 0 Å². The number of fused-ring (bicyclic) bond motifs is 6. The third kappa shape index (κ3) is 3.24. The fraction of sp³-hybridized carbons (Fsp3) is 0.200. The van der Waals surface area contributed by atoms with E-state index in [1.807, 2.05) is 0 Å². The predicted molar refractivity (Wildman–Crippen MR) is 160 cm³/mol. The van der Waals surface area contributed by atoms with E-state index in [1.165, 1.54) is 36.8 Å². The van der Waals surface area contributed by atoms with Crippen molar-refractivity contribution in [3.63, 3.8) is 0 Å². The molecule has 0 N–H and O–H groups in total. The molecular weight excluding hydrogens is 545 g/mol. The molecule has 0 fully saturated rings. The summed E-state index contributed by atoms with van der Waals surface area (Å²) in [6.45, 7) is 4.79. The lowest BCUT2D eigenvalue weighted by Gasteiger charge is -2.45. The standard InChI is InChI=1S/C30H20N4S4/c1-30(2)13-16-7-8-19(30)18-12-23-22(11-17(16)18)33-26-27(34-23)38-29(37-26)28-35-24-25(36-28)32-21-10-15-6-4-3-5-14(15)9-20(21)31-24/h3-12,16,19H,13H2,1-2H3. The van der Waals surface area contributed by atoms with Crippen molar-refractivity contribution in [3.8, 4) is 0 Å². The minimum atomic E-state index is 0.290. The molecular formula is C30H20N4S4. The van der Waals surface area contributed by atoms with Gasteiger partial charge in [-0.25, -0.2) is 19.9 Å². The van der Waals surface area contributed by atoms with Crippen LogP contribution in [0.1, 0.15) is 43.2 Å². The van der Waals surface area contributed by atoms with Gasteiger partial charge in [0.15, 0.2) is 0 Å². The van der Waals surface area contributed by atoms with Crippen LogP contribution in [-0.4, -0.2) is 19.9 Å². The number of hydrogen-bond acceptors (Lipinski definition) is 8. The molecule has 0 amide bonds. The zero-order valence-electron chi connectivity index (χ0n) is 20.6. The van der Waals surface area contributed by atoms with Crippen LogP contribution in [0.25, 0.3) is 32.8 Å². The van der Waals surface area contributed by atoms with Crippen molar-refractivity contribution >= 4 is 79.9 Å². The second-order valence-corrected chi connectivity index (χ2v) is 15.5. The van der Waals surface area contributed by atoms with Gasteiger partial charge in [-0.2, -0.15) is 0 Å². The van der Waals surface area contributed by atoms with E-state index in [9.17, 15) is 0 Å². The average molecular weight is 565 g/mol. The Morgan fingerprint density at radius 3 is 1.61 bits per heavy atom. The van der Waals surface area contributed by atoms with Gasteiger partial charge >= 0.3 is 0 Å². The Balaban J connectivity index is 1.08. The van der Waals surface area contributed by atoms with Gasteiger partial charge in [-0.1, -0.05) is 97.3 Å². The third-order valence-electron chi connectivity index (χ3n) is 8.06. The summed E-state index contributed by atoms with van der Waals surface area (Å²) in [5, 5.41) is 6.38. The van der Waals surface area contributed by atoms with Gasteiger partial charge in [0.2, 0.25) is 0 Å². The minimum absolute atomic E-state index is 0.290. The number of hydrogen-bond donors (Lipinski definition) is 0. The molecule has 2 aliphatic heterocycles. The van der Waals surface area contributed by atoms with Crippen LogP contribution in [0, 0.1) is 5.41 Å². The molecule has 2 bridgehead atoms. The largest absolute Gasteiger partial charge is 0.237 e. The quantitative estimate of drug-likeness (QED) is 0.136. The highest BCUT2D eigenvalue weighted by atomic mass is 32.2. The molecule has 10 rings (SSSR count). The zero-order valence-corrected chi connectivity index (χ0v) is 23.8. The van der Waals surface area contributed by atoms with Gasteiger partial charge in [0.1, 0.15) is 20.1 Å². The molecule has 4 heterocycles. The maximum absolute atomic E-state index is 5.11. The summed E-state index contributed by atoms with van der Waals surface area (Å²) in [5.74, 6) is 0.946. The molecule has 0 spiro atoms. The lowest BCUT2D eigenvalue weighted by atomic mass is 9.59. The number of benzene rings is 3. The van der Waals surface area contributed by atoms with E-state index in [0.29, 0.717) is 11.8 Å². The van der Waals surface area contributed by atoms with E-state index in [4.69, 9.17) is 19.9 Å². The summed E-state index contributed by atoms with van der Waals surface area (Å²) < 4.78 is 2.45. The van der Waals surface area contributed by atoms with Crippen LogP contribution in [-0.2, 0) is 0 Å². The Morgan fingerprint density at radius 1 is 0.632 bits per heavy atom. The Morgan fingerprint density at radius 2 is 1.11 bits per heavy atom. The summed E-state index contributed by atoms with van der Waals surface area (Å²) in [4.78, 5) is 20.2. The first-order valence-corrected chi connectivity index (χ1v) is 16.0. The number of thioether (sulfide) groups is 4. The number of aromatic nitrogens is 4. The van der Waals surface area contributed by atoms with Crippen LogP contribution in [0.2, 0.25) is 0 Å². The normalized spacial score (nSPS) is 22.5. The van der Waals surface area contributed by atoms with Crippen molar-refractivity contribution in [2.75, 3.05) is 0 Å². The SMILES string of the molecule is CC1(C)CC2C=CC1c1cc3nc4c(nc3cc12)SC(=C1Sc2nc3cc5ccccc5cc3nc2S1)S4. The van der Waals surface area contributed by atoms with Crippen molar-refractivity contribution < 1.29 is 0 Å². The molecule has 5 aromatic rings. The molecule has 38 heavy (non-hydrogen) atoms. The summed E-state index contributed by atoms with van der Waals surface area (Å²) >= 11 is 6.91. The lowest BCUT2D eigenvalue weighted by Crippen LogP contribution is -2.32. The molecule has 0 saturated carbocycles. The van der Waals surface area contributed by atoms with E-state index in [1.54, 1.807) is 47.0 Å². The third-order valence-corrected chi connectivity index (χ3v) is 13.3. The Bertz CT molecular complexity index is 1900. The fourth-order valence-electron chi connectivity index (χ4n) is 6.23. The Kier molecular flexibility index (Phi) is 4.57. The summed E-state index contributed by atoms with van der Waals surface area (Å²) in [5.41, 5.74) is 7.09. The fourth-order valence-corrected chi connectivity index (χ4v) is 11.2. The topological polar surface area (TPSA) is 51.6 Å². The molecule has 4 nitrogen and oxygen atoms in total. The second kappa shape index (κ2) is 7.78. The first-order valence-electron chi connectivity index (χ1n) is 12.7. The summed E-state index contributed by atoms with van der Waals surface area (Å²) in [6.07, 6.45) is 6.02. The number of nitrogens with zero attached hydrogens (tertiary/aromatic N) is 4. The molecule has 0 saturated heterocycles. The maximum atomic E-state index is 5.11. The summed E-state index contributed by atoms with van der Waals surface area (Å²) in [7, 11) is 0. The van der Waals surface area contributed by atoms with Crippen molar-refractivity contribution in [1.82, 2.24) is 19.9 Å². The molecule has 8 heteroatoms. The summed E-state index contributed by atoms with van der Waals surface area (Å²) in [6, 6.07) is 17.3. The lowest BCUT2D eigenvalue weighted by molar-refractivity contribution is 0.251. The molecule has 3 aliphatic carbocycles. The highest BCUT2D eigenvalue weighted by molar-refractivity contribution is 8.30. The monoisotopic (exact) mass is 564 g/mol. The highest BCUT2D eigenvalue weighted by Crippen LogP contribution is 2.60. The van der Waals surface area contributed by atoms with Gasteiger partial charge in [-0.05, 0) is 58.0 Å². The maximum Gasteiger partial charge on any atom is 0.135 e. The Hall–Kier alpha value is -2.52. The Labute approximate surface area is 236 Å². The van der Waals surface area contributed by atoms with Gasteiger partial charge in [-0.3, -0.25) is 0 Å². The van der Waals surface area contributed by atoms with Gasteiger partial charge in [0.05, 0.1) is 30.5 Å². The minimum Gasteiger partial charge on any atom is -0.237 e. The van der Waals surface area contributed by atoms with E-state index in [0.717, 1.165) is 42.2 Å². The molecule has 184 valence electrons. The molecule has 0 radical (unpaired) electrons. The number of rotatable bonds is 0. The van der Waals surface area contributed by atoms with E-state index in [2.05, 4.69) is 74.5 Å². The second-order valence-electron chi connectivity index (χ2n) is 11.0. The van der Waals surface area contributed by atoms with Crippen molar-refractivity contribution in [3.05, 3.63) is 80.3 Å². The van der Waals surface area contributed by atoms with Gasteiger partial charge in [-0.15, -0.1) is 0 Å². The predicted octanol–water partition coefficient (Wildman–Crippen LogP) is 9.12. The smallest absolute Gasteiger partial charge is 0.135 e. The first kappa shape index (κ1) is 22.3. The molecule has 2 unspecified atom stereocenters. The molecule has 2 atom stereocenters. The zero-order chi connectivity index (χ0) is 25.2. The molecule has 5 aliphatic rings. The van der Waals surface area contributed by atoms with E-state index >= 15 is 0 Å². The van der Waals surface area contributed by atoms with E-state index in [-0.39, 0.29) is 5.41 Å². The first-order chi connectivity index (χ1) is 18.5. The molecule has 2 aromatic heterocycles. The number of allylic oxidation sites excluding steroid dienone is 2. The van der Waals surface area contributed by atoms with Crippen LogP contribution >= 0.6 is 47.0 Å². The van der Waals surface area contributed by atoms with Crippen LogP contribution in [0.3, 0.4) is 0 Å². The van der Waals surface area contributed by atoms with E-state index < -0.39 is 0 Å². The van der Waals surface area contributed by atoms with Gasteiger partial charge in [0.25, 0.3) is 0 Å². The van der Waals surface area contributed by atoms with Gasteiger partial charge in [0, 0.05) is 11.8 Å². The van der Waals surface area contributed by atoms with Crippen molar-refractivity contribution in [2.45, 2.75) is 52.2 Å². The van der Waals surface area contributed by atoms with Crippen LogP contribution < -0.4 is 0 Å². The van der Waals surface area contributed by atoms with Crippen LogP contribution in [0.5, 0.6) is 0 Å². The molecule has 3 aromatic carbocycles. The van der Waals surface area contributed by atoms with Crippen LogP contribution in [0.4, 0.5) is 0 Å². The average Bonchev–Trinajstić information content (AvgIpc) is 3.51. The van der Waals surface area contributed by atoms with Crippen molar-refractivity contribution in [2.24, 2.45) is 5.41 Å².